The van der Waals surface area contributed by atoms with Crippen molar-refractivity contribution in [3.8, 4) is 17.2 Å². The third-order valence-corrected chi connectivity index (χ3v) is 9.65. The molecule has 0 aliphatic rings. The van der Waals surface area contributed by atoms with E-state index in [1.54, 1.807) is 11.3 Å². The normalized spacial score (nSPS) is 12.1. The first-order chi connectivity index (χ1) is 19.4. The number of rotatable bonds is 2. The van der Waals surface area contributed by atoms with Crippen LogP contribution in [0.5, 0.6) is 0 Å². The number of aromatic nitrogens is 3. The molecule has 39 heavy (non-hydrogen) atoms. The van der Waals surface area contributed by atoms with Crippen LogP contribution in [0.2, 0.25) is 0 Å². The lowest BCUT2D eigenvalue weighted by Gasteiger charge is -2.12. The van der Waals surface area contributed by atoms with Crippen molar-refractivity contribution < 1.29 is 0 Å². The van der Waals surface area contributed by atoms with E-state index in [1.807, 2.05) is 17.4 Å². The van der Waals surface area contributed by atoms with Crippen molar-refractivity contribution in [3.63, 3.8) is 0 Å². The second-order valence-corrected chi connectivity index (χ2v) is 11.6. The first-order valence-electron chi connectivity index (χ1n) is 12.9. The van der Waals surface area contributed by atoms with Gasteiger partial charge in [0.2, 0.25) is 5.95 Å². The van der Waals surface area contributed by atoms with Gasteiger partial charge in [0.05, 0.1) is 26.9 Å². The minimum atomic E-state index is 0.701. The lowest BCUT2D eigenvalue weighted by molar-refractivity contribution is 1.02. The monoisotopic (exact) mass is 533 g/mol. The van der Waals surface area contributed by atoms with Gasteiger partial charge < -0.3 is 0 Å². The van der Waals surface area contributed by atoms with Crippen LogP contribution in [0.3, 0.4) is 0 Å². The molecule has 0 aliphatic heterocycles. The summed E-state index contributed by atoms with van der Waals surface area (Å²) in [5.74, 6) is 0.701. The Kier molecular flexibility index (Phi) is 4.36. The van der Waals surface area contributed by atoms with Crippen LogP contribution in [-0.4, -0.2) is 14.5 Å². The van der Waals surface area contributed by atoms with E-state index in [9.17, 15) is 0 Å². The molecule has 3 nitrogen and oxygen atoms in total. The highest BCUT2D eigenvalue weighted by Crippen LogP contribution is 2.48. The molecule has 0 atom stereocenters. The first kappa shape index (κ1) is 21.4. The van der Waals surface area contributed by atoms with Crippen LogP contribution in [0.15, 0.2) is 114 Å². The molecule has 0 amide bonds. The quantitative estimate of drug-likeness (QED) is 0.221. The summed E-state index contributed by atoms with van der Waals surface area (Å²) in [6, 6.07) is 36.2. The van der Waals surface area contributed by atoms with E-state index in [1.165, 1.54) is 47.2 Å². The molecule has 9 aromatic rings. The zero-order valence-corrected chi connectivity index (χ0v) is 22.3. The van der Waals surface area contributed by atoms with Gasteiger partial charge in [-0.15, -0.1) is 11.3 Å². The van der Waals surface area contributed by atoms with Gasteiger partial charge in [-0.1, -0.05) is 84.9 Å². The SMILES string of the molecule is c1ccc(-c2nc(-n3c4ccccc4c4c5cscc5c5c6ccccc6sc5c43)nc3ccccc23)cc1. The molecular weight excluding hydrogens is 515 g/mol. The van der Waals surface area contributed by atoms with Gasteiger partial charge in [0, 0.05) is 48.0 Å². The maximum atomic E-state index is 5.30. The Balaban J connectivity index is 1.53. The number of thiophene rings is 2. The number of fused-ring (bicyclic) bond motifs is 11. The summed E-state index contributed by atoms with van der Waals surface area (Å²) in [4.78, 5) is 10.5. The molecule has 0 unspecified atom stereocenters. The van der Waals surface area contributed by atoms with Gasteiger partial charge in [-0.3, -0.25) is 4.57 Å². The molecule has 0 radical (unpaired) electrons. The maximum Gasteiger partial charge on any atom is 0.235 e. The average Bonchev–Trinajstić information content (AvgIpc) is 3.70. The fourth-order valence-corrected chi connectivity index (χ4v) is 8.17. The molecule has 5 heteroatoms. The van der Waals surface area contributed by atoms with Gasteiger partial charge in [-0.2, -0.15) is 11.3 Å². The van der Waals surface area contributed by atoms with Crippen molar-refractivity contribution in [2.75, 3.05) is 0 Å². The lowest BCUT2D eigenvalue weighted by atomic mass is 10.0. The minimum absolute atomic E-state index is 0.701. The van der Waals surface area contributed by atoms with Crippen LogP contribution in [0.25, 0.3) is 80.9 Å². The molecule has 9 rings (SSSR count). The van der Waals surface area contributed by atoms with Crippen molar-refractivity contribution in [3.05, 3.63) is 114 Å². The zero-order valence-electron chi connectivity index (χ0n) is 20.6. The Hall–Kier alpha value is -4.58. The zero-order chi connectivity index (χ0) is 25.5. The van der Waals surface area contributed by atoms with Crippen molar-refractivity contribution in [2.24, 2.45) is 0 Å². The van der Waals surface area contributed by atoms with Crippen molar-refractivity contribution in [1.29, 1.82) is 0 Å². The Morgan fingerprint density at radius 2 is 1.26 bits per heavy atom. The van der Waals surface area contributed by atoms with Gasteiger partial charge >= 0.3 is 0 Å². The Labute approximate surface area is 231 Å². The van der Waals surface area contributed by atoms with Gasteiger partial charge in [-0.25, -0.2) is 9.97 Å². The fourth-order valence-electron chi connectivity index (χ4n) is 6.08. The molecule has 5 aromatic carbocycles. The highest BCUT2D eigenvalue weighted by atomic mass is 32.1. The summed E-state index contributed by atoms with van der Waals surface area (Å²) < 4.78 is 4.89. The van der Waals surface area contributed by atoms with E-state index >= 15 is 0 Å². The number of benzene rings is 5. The van der Waals surface area contributed by atoms with E-state index in [-0.39, 0.29) is 0 Å². The number of hydrogen-bond acceptors (Lipinski definition) is 4. The van der Waals surface area contributed by atoms with Gasteiger partial charge in [0.25, 0.3) is 0 Å². The Morgan fingerprint density at radius 3 is 2.13 bits per heavy atom. The van der Waals surface area contributed by atoms with Crippen LogP contribution < -0.4 is 0 Å². The largest absolute Gasteiger partial charge is 0.276 e. The Morgan fingerprint density at radius 1 is 0.564 bits per heavy atom. The van der Waals surface area contributed by atoms with Gasteiger partial charge in [0.15, 0.2) is 0 Å². The van der Waals surface area contributed by atoms with Gasteiger partial charge in [0.1, 0.15) is 0 Å². The molecular formula is C34H19N3S2. The third-order valence-electron chi connectivity index (χ3n) is 7.72. The highest BCUT2D eigenvalue weighted by Gasteiger charge is 2.23. The van der Waals surface area contributed by atoms with Crippen molar-refractivity contribution >= 4 is 86.3 Å². The van der Waals surface area contributed by atoms with Crippen molar-refractivity contribution in [1.82, 2.24) is 14.5 Å². The summed E-state index contributed by atoms with van der Waals surface area (Å²) >= 11 is 3.64. The fraction of sp³-hybridized carbons (Fsp3) is 0. The topological polar surface area (TPSA) is 30.7 Å². The Bertz CT molecular complexity index is 2390. The first-order valence-corrected chi connectivity index (χ1v) is 14.7. The summed E-state index contributed by atoms with van der Waals surface area (Å²) in [6.07, 6.45) is 0. The van der Waals surface area contributed by atoms with Crippen LogP contribution in [0.4, 0.5) is 0 Å². The maximum absolute atomic E-state index is 5.30. The summed E-state index contributed by atoms with van der Waals surface area (Å²) in [5, 5.41) is 13.4. The van der Waals surface area contributed by atoms with E-state index in [0.717, 1.165) is 27.7 Å². The van der Waals surface area contributed by atoms with Crippen LogP contribution in [0, 0.1) is 0 Å². The minimum Gasteiger partial charge on any atom is -0.276 e. The molecule has 4 heterocycles. The molecule has 0 aliphatic carbocycles. The number of para-hydroxylation sites is 2. The van der Waals surface area contributed by atoms with Crippen molar-refractivity contribution in [2.45, 2.75) is 0 Å². The molecule has 0 saturated heterocycles. The summed E-state index contributed by atoms with van der Waals surface area (Å²) in [7, 11) is 0. The molecule has 0 N–H and O–H groups in total. The van der Waals surface area contributed by atoms with Crippen LogP contribution >= 0.6 is 22.7 Å². The standard InChI is InChI=1S/C34H19N3S2/c1-2-10-20(11-3-1)31-21-12-4-7-15-26(21)35-34(36-31)37-27-16-8-5-13-22(27)29-24-18-38-19-25(24)30-23-14-6-9-17-28(23)39-33(30)32(29)37/h1-19H. The molecule has 0 bridgehead atoms. The highest BCUT2D eigenvalue weighted by molar-refractivity contribution is 7.27. The number of nitrogens with zero attached hydrogens (tertiary/aromatic N) is 3. The summed E-state index contributed by atoms with van der Waals surface area (Å²) in [6.45, 7) is 0. The smallest absolute Gasteiger partial charge is 0.235 e. The van der Waals surface area contributed by atoms with E-state index in [0.29, 0.717) is 5.95 Å². The average molecular weight is 534 g/mol. The predicted molar refractivity (Wildman–Crippen MR) is 168 cm³/mol. The second kappa shape index (κ2) is 7.96. The van der Waals surface area contributed by atoms with Crippen LogP contribution in [0.1, 0.15) is 0 Å². The predicted octanol–water partition coefficient (Wildman–Crippen LogP) is 9.98. The van der Waals surface area contributed by atoms with Gasteiger partial charge in [-0.05, 0) is 29.0 Å². The molecule has 0 fully saturated rings. The molecule has 0 spiro atoms. The number of hydrogen-bond donors (Lipinski definition) is 0. The molecule has 4 aromatic heterocycles. The second-order valence-electron chi connectivity index (χ2n) is 9.83. The van der Waals surface area contributed by atoms with Crippen LogP contribution in [-0.2, 0) is 0 Å². The molecule has 182 valence electrons. The van der Waals surface area contributed by atoms with E-state index in [4.69, 9.17) is 9.97 Å². The molecule has 0 saturated carbocycles. The lowest BCUT2D eigenvalue weighted by Crippen LogP contribution is -2.03. The van der Waals surface area contributed by atoms with E-state index in [2.05, 4.69) is 112 Å². The summed E-state index contributed by atoms with van der Waals surface area (Å²) in [5.41, 5.74) is 5.29. The van der Waals surface area contributed by atoms with E-state index < -0.39 is 0 Å². The third kappa shape index (κ3) is 2.91.